The molecular weight excluding hydrogens is 121 g/mol. The summed E-state index contributed by atoms with van der Waals surface area (Å²) in [5.74, 6) is 1.35. The van der Waals surface area contributed by atoms with Gasteiger partial charge in [0.25, 0.3) is 0 Å². The molecule has 47 valence electrons. The summed E-state index contributed by atoms with van der Waals surface area (Å²) in [6.45, 7) is 6.10. The summed E-state index contributed by atoms with van der Waals surface area (Å²) in [7, 11) is 3.38. The van der Waals surface area contributed by atoms with Crippen LogP contribution in [0.1, 0.15) is 27.2 Å². The fraction of sp³-hybridized carbons (Fsp3) is 0.833. The Morgan fingerprint density at radius 2 is 1.89 bits per heavy atom. The topological polar surface area (TPSA) is 26.0 Å². The zero-order valence-electron chi connectivity index (χ0n) is 6.78. The third-order valence-electron chi connectivity index (χ3n) is 0.721. The Labute approximate surface area is 73.4 Å². The first-order chi connectivity index (χ1) is 3.42. The van der Waals surface area contributed by atoms with Crippen molar-refractivity contribution in [3.05, 3.63) is 5.92 Å². The first-order valence-corrected chi connectivity index (χ1v) is 3.25. The Morgan fingerprint density at radius 1 is 1.56 bits per heavy atom. The van der Waals surface area contributed by atoms with Gasteiger partial charge in [0, 0.05) is 10.2 Å². The molecule has 0 aromatic rings. The molecule has 0 rings (SSSR count). The molecule has 0 bridgehead atoms. The molecule has 2 N–H and O–H groups in total. The molecule has 0 aliphatic rings. The molecule has 3 heteroatoms. The Morgan fingerprint density at radius 3 is 1.89 bits per heavy atom. The summed E-state index contributed by atoms with van der Waals surface area (Å²) in [6, 6.07) is 0. The fourth-order valence-electron chi connectivity index (χ4n) is 0.734. The quantitative estimate of drug-likeness (QED) is 0.338. The van der Waals surface area contributed by atoms with Crippen LogP contribution in [0.4, 0.5) is 0 Å². The maximum Gasteiger partial charge on any atom is 1.00 e. The van der Waals surface area contributed by atoms with Crippen molar-refractivity contribution < 1.29 is 18.9 Å². The Hall–Kier alpha value is 0.774. The van der Waals surface area contributed by atoms with Crippen LogP contribution < -0.4 is 24.6 Å². The van der Waals surface area contributed by atoms with Crippen molar-refractivity contribution in [1.29, 1.82) is 0 Å². The predicted octanol–water partition coefficient (Wildman–Crippen LogP) is -2.16. The summed E-state index contributed by atoms with van der Waals surface area (Å²) < 4.78 is 0. The average Bonchev–Trinajstić information content (AvgIpc) is 1.21. The molecule has 1 atom stereocenters. The second-order valence-electron chi connectivity index (χ2n) is 2.80. The zero-order valence-corrected chi connectivity index (χ0v) is 7.78. The minimum Gasteiger partial charge on any atom is -0.331 e. The van der Waals surface area contributed by atoms with E-state index in [2.05, 4.69) is 24.1 Å². The molecule has 0 aliphatic heterocycles. The monoisotopic (exact) mass is 134 g/mol. The van der Waals surface area contributed by atoms with Gasteiger partial charge in [-0.3, -0.25) is 0 Å². The minimum absolute atomic E-state index is 0. The molecule has 1 unspecified atom stereocenters. The number of hydrogen-bond acceptors (Lipinski definition) is 1. The molecule has 0 saturated heterocycles. The molecular formula is C6H13LiNSi. The van der Waals surface area contributed by atoms with E-state index >= 15 is 0 Å². The summed E-state index contributed by atoms with van der Waals surface area (Å²) >= 11 is 0. The number of hydrogen-bond donors (Lipinski definition) is 1. The van der Waals surface area contributed by atoms with Crippen LogP contribution in [0, 0.1) is 5.92 Å². The molecule has 0 spiro atoms. The average molecular weight is 134 g/mol. The van der Waals surface area contributed by atoms with Gasteiger partial charge in [-0.1, -0.05) is 6.92 Å². The number of nitrogens with two attached hydrogens (primary N) is 1. The van der Waals surface area contributed by atoms with Crippen LogP contribution in [0.2, 0.25) is 0 Å². The first kappa shape index (κ1) is 12.5. The van der Waals surface area contributed by atoms with Gasteiger partial charge >= 0.3 is 18.9 Å². The standard InChI is InChI=1S/C6H13NSi.Li/c1-5(2)4-6(3,7)8;/h4,7H2,1-3H3;/q-1;+1. The van der Waals surface area contributed by atoms with Crippen molar-refractivity contribution in [2.75, 3.05) is 0 Å². The largest absolute Gasteiger partial charge is 1.00 e. The van der Waals surface area contributed by atoms with Crippen LogP contribution in [0.25, 0.3) is 0 Å². The van der Waals surface area contributed by atoms with E-state index in [0.717, 1.165) is 6.42 Å². The van der Waals surface area contributed by atoms with Gasteiger partial charge in [-0.2, -0.15) is 20.3 Å². The molecule has 0 aromatic heterocycles. The first-order valence-electron chi connectivity index (χ1n) is 2.75. The second kappa shape index (κ2) is 4.57. The molecule has 1 nitrogen and oxygen atoms in total. The van der Waals surface area contributed by atoms with Crippen molar-refractivity contribution in [2.45, 2.75) is 32.4 Å². The van der Waals surface area contributed by atoms with Gasteiger partial charge in [0.2, 0.25) is 0 Å². The van der Waals surface area contributed by atoms with E-state index < -0.39 is 0 Å². The van der Waals surface area contributed by atoms with Crippen molar-refractivity contribution in [1.82, 2.24) is 0 Å². The van der Waals surface area contributed by atoms with Crippen molar-refractivity contribution in [3.63, 3.8) is 0 Å². The minimum atomic E-state index is -0.209. The van der Waals surface area contributed by atoms with Crippen LogP contribution in [0.5, 0.6) is 0 Å². The van der Waals surface area contributed by atoms with E-state index in [9.17, 15) is 0 Å². The van der Waals surface area contributed by atoms with Crippen LogP contribution in [0.15, 0.2) is 0 Å². The van der Waals surface area contributed by atoms with E-state index in [-0.39, 0.29) is 24.0 Å². The summed E-state index contributed by atoms with van der Waals surface area (Å²) in [5, 5.41) is -0.209. The molecule has 0 amide bonds. The van der Waals surface area contributed by atoms with E-state index in [0.29, 0.717) is 0 Å². The van der Waals surface area contributed by atoms with E-state index in [1.54, 1.807) is 0 Å². The molecule has 0 aliphatic carbocycles. The van der Waals surface area contributed by atoms with Gasteiger partial charge in [0.05, 0.1) is 0 Å². The molecule has 0 saturated carbocycles. The molecule has 0 aromatic carbocycles. The van der Waals surface area contributed by atoms with Gasteiger partial charge in [0.1, 0.15) is 0 Å². The van der Waals surface area contributed by atoms with Crippen molar-refractivity contribution in [3.8, 4) is 0 Å². The Bertz CT molecular complexity index is 67.9. The zero-order chi connectivity index (χ0) is 6.78. The Balaban J connectivity index is 0. The summed E-state index contributed by atoms with van der Waals surface area (Å²) in [6.07, 6.45) is 0.934. The molecule has 3 radical (unpaired) electrons. The summed E-state index contributed by atoms with van der Waals surface area (Å²) in [5.41, 5.74) is 5.63. The van der Waals surface area contributed by atoms with Gasteiger partial charge < -0.3 is 11.7 Å². The smallest absolute Gasteiger partial charge is 0.331 e. The maximum atomic E-state index is 5.63. The van der Waals surface area contributed by atoms with Gasteiger partial charge in [-0.25, -0.2) is 0 Å². The van der Waals surface area contributed by atoms with Crippen LogP contribution in [0.3, 0.4) is 0 Å². The van der Waals surface area contributed by atoms with Crippen LogP contribution in [-0.2, 0) is 0 Å². The van der Waals surface area contributed by atoms with Crippen LogP contribution in [-0.4, -0.2) is 15.4 Å². The van der Waals surface area contributed by atoms with Gasteiger partial charge in [0.15, 0.2) is 0 Å². The number of rotatable bonds is 2. The van der Waals surface area contributed by atoms with Crippen molar-refractivity contribution in [2.24, 2.45) is 5.73 Å². The third-order valence-corrected chi connectivity index (χ3v) is 0.898. The molecule has 9 heavy (non-hydrogen) atoms. The Kier molecular flexibility index (Phi) is 6.32. The second-order valence-corrected chi connectivity index (χ2v) is 3.94. The van der Waals surface area contributed by atoms with E-state index in [1.165, 1.54) is 5.92 Å². The van der Waals surface area contributed by atoms with E-state index in [4.69, 9.17) is 5.73 Å². The van der Waals surface area contributed by atoms with E-state index in [1.807, 2.05) is 6.92 Å². The van der Waals surface area contributed by atoms with Crippen LogP contribution >= 0.6 is 0 Å². The maximum absolute atomic E-state index is 5.63. The SMILES string of the molecule is C[C-](C)CC(C)(N)[Si].[Li+]. The fourth-order valence-corrected chi connectivity index (χ4v) is 1.09. The predicted molar refractivity (Wildman–Crippen MR) is 37.6 cm³/mol. The third kappa shape index (κ3) is 12.1. The molecule has 0 fully saturated rings. The summed E-state index contributed by atoms with van der Waals surface area (Å²) in [4.78, 5) is 0. The van der Waals surface area contributed by atoms with Crippen molar-refractivity contribution >= 4 is 10.2 Å². The molecule has 0 heterocycles. The van der Waals surface area contributed by atoms with Gasteiger partial charge in [-0.05, 0) is 5.16 Å². The normalized spacial score (nSPS) is 16.7. The van der Waals surface area contributed by atoms with Gasteiger partial charge in [-0.15, -0.1) is 0 Å².